The molecule has 316 valence electrons. The zero-order valence-electron chi connectivity index (χ0n) is 39.6. The maximum Gasteiger partial charge on any atom is 0.297 e. The minimum Gasteiger partial charge on any atom is -0.468 e. The average molecular weight is 825 g/mol. The molecule has 0 aliphatic carbocycles. The van der Waals surface area contributed by atoms with Crippen LogP contribution >= 0.6 is 0 Å². The molecule has 0 saturated heterocycles. The Kier molecular flexibility index (Phi) is 9.12. The molecule has 0 N–H and O–H groups in total. The van der Waals surface area contributed by atoms with E-state index >= 15 is 0 Å². The third-order valence-electron chi connectivity index (χ3n) is 13.7. The Labute approximate surface area is 375 Å². The van der Waals surface area contributed by atoms with Gasteiger partial charge in [-0.2, -0.15) is 0 Å². The minimum atomic E-state index is -0.135. The third-order valence-corrected chi connectivity index (χ3v) is 13.7. The monoisotopic (exact) mass is 824 g/mol. The number of furan rings is 1. The fourth-order valence-corrected chi connectivity index (χ4v) is 10.1. The van der Waals surface area contributed by atoms with Gasteiger partial charge in [0, 0.05) is 33.7 Å². The van der Waals surface area contributed by atoms with Gasteiger partial charge in [0.2, 0.25) is 0 Å². The Morgan fingerprint density at radius 1 is 0.444 bits per heavy atom. The second-order valence-electron chi connectivity index (χ2n) is 22.4. The van der Waals surface area contributed by atoms with Crippen LogP contribution in [0.1, 0.15) is 111 Å². The zero-order valence-corrected chi connectivity index (χ0v) is 39.6. The first-order chi connectivity index (χ1) is 29.7. The van der Waals surface area contributed by atoms with Crippen LogP contribution in [0.2, 0.25) is 0 Å². The number of fused-ring (bicyclic) bond motifs is 7. The number of hydrogen-bond acceptors (Lipinski definition) is 3. The summed E-state index contributed by atoms with van der Waals surface area (Å²) in [4.78, 5) is 5.10. The van der Waals surface area contributed by atoms with Gasteiger partial charge in [0.15, 0.2) is 0 Å². The molecule has 0 bridgehead atoms. The smallest absolute Gasteiger partial charge is 0.297 e. The molecule has 0 unspecified atom stereocenters. The van der Waals surface area contributed by atoms with Crippen molar-refractivity contribution in [1.29, 1.82) is 0 Å². The van der Waals surface area contributed by atoms with E-state index < -0.39 is 0 Å². The van der Waals surface area contributed by atoms with Crippen molar-refractivity contribution in [3.8, 4) is 11.1 Å². The van der Waals surface area contributed by atoms with Crippen LogP contribution in [-0.2, 0) is 21.7 Å². The highest BCUT2D eigenvalue weighted by Gasteiger charge is 2.47. The first-order valence-electron chi connectivity index (χ1n) is 22.9. The van der Waals surface area contributed by atoms with E-state index in [1.54, 1.807) is 0 Å². The molecule has 0 spiro atoms. The maximum atomic E-state index is 7.40. The van der Waals surface area contributed by atoms with Gasteiger partial charge in [0.1, 0.15) is 5.58 Å². The van der Waals surface area contributed by atoms with Gasteiger partial charge in [-0.15, -0.1) is 0 Å². The summed E-state index contributed by atoms with van der Waals surface area (Å²) in [5.41, 5.74) is 20.2. The van der Waals surface area contributed by atoms with Crippen molar-refractivity contribution in [2.75, 3.05) is 9.80 Å². The number of aryl methyl sites for hydroxylation is 1. The van der Waals surface area contributed by atoms with Gasteiger partial charge < -0.3 is 14.2 Å². The molecule has 0 saturated carbocycles. The van der Waals surface area contributed by atoms with Gasteiger partial charge in [0.25, 0.3) is 6.71 Å². The summed E-state index contributed by atoms with van der Waals surface area (Å²) in [5, 5.41) is 3.62. The van der Waals surface area contributed by atoms with E-state index in [0.29, 0.717) is 0 Å². The van der Waals surface area contributed by atoms with Crippen LogP contribution in [0.15, 0.2) is 138 Å². The lowest BCUT2D eigenvalue weighted by Crippen LogP contribution is -2.61. The van der Waals surface area contributed by atoms with Gasteiger partial charge in [-0.25, -0.2) is 0 Å². The molecule has 63 heavy (non-hydrogen) atoms. The third kappa shape index (κ3) is 6.71. The van der Waals surface area contributed by atoms with Crippen LogP contribution in [-0.4, -0.2) is 6.71 Å². The van der Waals surface area contributed by atoms with E-state index in [0.717, 1.165) is 33.7 Å². The molecule has 0 fully saturated rings. The summed E-state index contributed by atoms with van der Waals surface area (Å²) in [6.07, 6.45) is 0. The van der Waals surface area contributed by atoms with Crippen LogP contribution in [0.25, 0.3) is 32.9 Å². The number of rotatable bonds is 3. The van der Waals surface area contributed by atoms with Crippen molar-refractivity contribution >= 4 is 79.2 Å². The molecular weight excluding hydrogens is 763 g/mol. The summed E-state index contributed by atoms with van der Waals surface area (Å²) in [6.45, 7) is 29.8. The molecule has 2 aliphatic rings. The van der Waals surface area contributed by atoms with Gasteiger partial charge >= 0.3 is 0 Å². The zero-order chi connectivity index (χ0) is 44.5. The van der Waals surface area contributed by atoms with E-state index in [1.165, 1.54) is 77.7 Å². The Morgan fingerprint density at radius 2 is 1.00 bits per heavy atom. The van der Waals surface area contributed by atoms with E-state index in [4.69, 9.17) is 4.42 Å². The fourth-order valence-electron chi connectivity index (χ4n) is 10.1. The van der Waals surface area contributed by atoms with Crippen LogP contribution in [0.4, 0.5) is 34.1 Å². The normalized spacial score (nSPS) is 14.0. The van der Waals surface area contributed by atoms with Gasteiger partial charge in [-0.1, -0.05) is 162 Å². The largest absolute Gasteiger partial charge is 0.468 e. The van der Waals surface area contributed by atoms with Crippen LogP contribution < -0.4 is 26.4 Å². The average Bonchev–Trinajstić information content (AvgIpc) is 3.60. The predicted molar refractivity (Wildman–Crippen MR) is 273 cm³/mol. The van der Waals surface area contributed by atoms with E-state index in [9.17, 15) is 0 Å². The molecule has 0 amide bonds. The van der Waals surface area contributed by atoms with Gasteiger partial charge in [0.05, 0.1) is 17.0 Å². The molecule has 0 atom stereocenters. The van der Waals surface area contributed by atoms with Gasteiger partial charge in [-0.05, 0) is 138 Å². The molecule has 1 aromatic heterocycles. The number of anilines is 6. The lowest BCUT2D eigenvalue weighted by atomic mass is 9.35. The first kappa shape index (κ1) is 41.0. The molecule has 10 rings (SSSR count). The van der Waals surface area contributed by atoms with Crippen LogP contribution in [0.5, 0.6) is 0 Å². The fraction of sp³-hybridized carbons (Fsp3) is 0.288. The lowest BCUT2D eigenvalue weighted by Gasteiger charge is -2.43. The van der Waals surface area contributed by atoms with Crippen molar-refractivity contribution in [1.82, 2.24) is 0 Å². The van der Waals surface area contributed by atoms with E-state index in [2.05, 4.69) is 233 Å². The standard InChI is InChI=1S/C59H61BN2O/c1-36-31-50-53-51(32-36)62(48-28-23-39(57(5,6)7)33-45(48)44-20-16-18-37-17-14-15-19-43(37)44)54-46-34-40(58(8,9)10)25-30-52(46)63-55(54)60(53)47-35-41(59(11,12)13)24-29-49(47)61(50)42-26-21-38(22-27-42)56(2,3)4/h14-35H,1-13H3. The number of nitrogens with zero attached hydrogens (tertiary/aromatic N) is 2. The first-order valence-corrected chi connectivity index (χ1v) is 22.9. The number of hydrogen-bond donors (Lipinski definition) is 0. The highest BCUT2D eigenvalue weighted by Crippen LogP contribution is 2.51. The molecule has 7 aromatic carbocycles. The molecule has 0 radical (unpaired) electrons. The molecule has 2 aliphatic heterocycles. The quantitative estimate of drug-likeness (QED) is 0.166. The summed E-state index contributed by atoms with van der Waals surface area (Å²) >= 11 is 0. The molecule has 4 heteroatoms. The molecule has 3 heterocycles. The highest BCUT2D eigenvalue weighted by molar-refractivity contribution is 7.00. The molecule has 8 aromatic rings. The Hall–Kier alpha value is -6.00. The Morgan fingerprint density at radius 3 is 1.67 bits per heavy atom. The Bertz CT molecular complexity index is 3120. The van der Waals surface area contributed by atoms with Crippen molar-refractivity contribution < 1.29 is 4.42 Å². The molecular formula is C59H61BN2O. The summed E-state index contributed by atoms with van der Waals surface area (Å²) in [5.74, 6) is 0. The van der Waals surface area contributed by atoms with Crippen LogP contribution in [0, 0.1) is 6.92 Å². The Balaban J connectivity index is 1.35. The van der Waals surface area contributed by atoms with E-state index in [1.807, 2.05) is 0 Å². The van der Waals surface area contributed by atoms with E-state index in [-0.39, 0.29) is 28.4 Å². The predicted octanol–water partition coefficient (Wildman–Crippen LogP) is 14.8. The summed E-state index contributed by atoms with van der Waals surface area (Å²) in [7, 11) is 0. The highest BCUT2D eigenvalue weighted by atomic mass is 16.3. The second kappa shape index (κ2) is 14.0. The van der Waals surface area contributed by atoms with Crippen molar-refractivity contribution in [3.05, 3.63) is 161 Å². The van der Waals surface area contributed by atoms with Crippen molar-refractivity contribution in [2.45, 2.75) is 112 Å². The number of benzene rings is 7. The van der Waals surface area contributed by atoms with Gasteiger partial charge in [-0.3, -0.25) is 0 Å². The topological polar surface area (TPSA) is 19.6 Å². The lowest BCUT2D eigenvalue weighted by molar-refractivity contribution is 0.590. The van der Waals surface area contributed by atoms with Crippen molar-refractivity contribution in [2.24, 2.45) is 0 Å². The minimum absolute atomic E-state index is 0.0446. The SMILES string of the molecule is Cc1cc2c3c(c1)N(c1ccc(C(C)(C)C)cc1-c1cccc4ccccc14)c1c(oc4ccc(C(C)(C)C)cc14)B3c1cc(C(C)(C)C)ccc1N2c1ccc(C(C)(C)C)cc1. The maximum absolute atomic E-state index is 7.40. The van der Waals surface area contributed by atoms with Crippen LogP contribution in [0.3, 0.4) is 0 Å². The van der Waals surface area contributed by atoms with Crippen molar-refractivity contribution in [3.63, 3.8) is 0 Å². The molecule has 3 nitrogen and oxygen atoms in total. The second-order valence-corrected chi connectivity index (χ2v) is 22.4. The summed E-state index contributed by atoms with van der Waals surface area (Å²) < 4.78 is 7.40. The summed E-state index contributed by atoms with van der Waals surface area (Å²) in [6, 6.07) is 51.0.